The third-order valence-corrected chi connectivity index (χ3v) is 5.16. The zero-order chi connectivity index (χ0) is 21.8. The van der Waals surface area contributed by atoms with Gasteiger partial charge in [0.25, 0.3) is 0 Å². The fourth-order valence-corrected chi connectivity index (χ4v) is 3.45. The molecule has 1 N–H and O–H groups in total. The Labute approximate surface area is 174 Å². The Morgan fingerprint density at radius 1 is 1.07 bits per heavy atom. The topological polar surface area (TPSA) is 68.8 Å². The summed E-state index contributed by atoms with van der Waals surface area (Å²) in [5.41, 5.74) is 1.20. The number of piperidine rings is 1. The molecule has 0 radical (unpaired) electrons. The minimum Gasteiger partial charge on any atom is -0.331 e. The summed E-state index contributed by atoms with van der Waals surface area (Å²) in [7, 11) is 5.16. The average Bonchev–Trinajstić information content (AvgIpc) is 2.72. The molecule has 9 heteroatoms. The molecule has 7 nitrogen and oxygen atoms in total. The van der Waals surface area contributed by atoms with Crippen LogP contribution in [0.5, 0.6) is 0 Å². The van der Waals surface area contributed by atoms with Crippen LogP contribution in [0, 0.1) is 11.6 Å². The minimum atomic E-state index is -0.677. The van der Waals surface area contributed by atoms with Crippen LogP contribution in [0.25, 0.3) is 11.3 Å². The number of nitrogens with zero attached hydrogens (tertiary/aromatic N) is 4. The number of halogens is 2. The third kappa shape index (κ3) is 5.03. The van der Waals surface area contributed by atoms with Crippen LogP contribution in [0.4, 0.5) is 24.1 Å². The molecule has 4 amide bonds. The maximum Gasteiger partial charge on any atom is 0.321 e. The first-order valence-corrected chi connectivity index (χ1v) is 9.67. The summed E-state index contributed by atoms with van der Waals surface area (Å²) in [6, 6.07) is 6.15. The number of hydrogen-bond donors (Lipinski definition) is 1. The number of pyridine rings is 1. The van der Waals surface area contributed by atoms with Gasteiger partial charge in [-0.3, -0.25) is 4.98 Å². The first-order chi connectivity index (χ1) is 14.2. The fourth-order valence-electron chi connectivity index (χ4n) is 3.45. The molecule has 2 heterocycles. The molecule has 2 aromatic rings. The van der Waals surface area contributed by atoms with Crippen LogP contribution < -0.4 is 5.32 Å². The summed E-state index contributed by atoms with van der Waals surface area (Å²) in [4.78, 5) is 33.7. The number of amides is 4. The average molecular weight is 417 g/mol. The standard InChI is InChI=1S/C21H25F2N5O2/c1-26(2)21(30)28-8-6-18(7-9-28)27(3)20(29)25-17-4-5-19(24-13-17)14-10-15(22)12-16(23)11-14/h4-5,10-13,18H,6-9H2,1-3H3,(H,25,29). The van der Waals surface area contributed by atoms with Crippen molar-refractivity contribution in [1.82, 2.24) is 19.7 Å². The second-order valence-corrected chi connectivity index (χ2v) is 7.53. The lowest BCUT2D eigenvalue weighted by molar-refractivity contribution is 0.131. The number of anilines is 1. The molecule has 1 aromatic heterocycles. The zero-order valence-corrected chi connectivity index (χ0v) is 17.2. The van der Waals surface area contributed by atoms with Crippen molar-refractivity contribution in [3.05, 3.63) is 48.2 Å². The van der Waals surface area contributed by atoms with E-state index in [2.05, 4.69) is 10.3 Å². The van der Waals surface area contributed by atoms with E-state index in [0.29, 0.717) is 42.9 Å². The number of hydrogen-bond acceptors (Lipinski definition) is 3. The Kier molecular flexibility index (Phi) is 6.49. The summed E-state index contributed by atoms with van der Waals surface area (Å²) in [6.45, 7) is 1.19. The van der Waals surface area contributed by atoms with Crippen LogP contribution in [-0.4, -0.2) is 72.0 Å². The lowest BCUT2D eigenvalue weighted by atomic mass is 10.0. The quantitative estimate of drug-likeness (QED) is 0.829. The molecule has 0 atom stereocenters. The van der Waals surface area contributed by atoms with Gasteiger partial charge in [0.2, 0.25) is 0 Å². The Morgan fingerprint density at radius 2 is 1.70 bits per heavy atom. The van der Waals surface area contributed by atoms with Crippen molar-refractivity contribution in [3.8, 4) is 11.3 Å². The van der Waals surface area contributed by atoms with Gasteiger partial charge in [-0.15, -0.1) is 0 Å². The normalized spacial score (nSPS) is 14.4. The minimum absolute atomic E-state index is 0.0232. The van der Waals surface area contributed by atoms with Crippen molar-refractivity contribution in [2.75, 3.05) is 39.5 Å². The molecular formula is C21H25F2N5O2. The summed E-state index contributed by atoms with van der Waals surface area (Å²) >= 11 is 0. The van der Waals surface area contributed by atoms with Gasteiger partial charge in [0.05, 0.1) is 17.6 Å². The Balaban J connectivity index is 1.57. The molecule has 0 unspecified atom stereocenters. The van der Waals surface area contributed by atoms with Crippen LogP contribution in [-0.2, 0) is 0 Å². The van der Waals surface area contributed by atoms with Gasteiger partial charge in [-0.25, -0.2) is 18.4 Å². The summed E-state index contributed by atoms with van der Waals surface area (Å²) in [5, 5.41) is 2.78. The highest BCUT2D eigenvalue weighted by molar-refractivity contribution is 5.89. The predicted octanol–water partition coefficient (Wildman–Crippen LogP) is 3.64. The summed E-state index contributed by atoms with van der Waals surface area (Å²) in [5.74, 6) is -1.35. The summed E-state index contributed by atoms with van der Waals surface area (Å²) < 4.78 is 26.8. The first kappa shape index (κ1) is 21.5. The van der Waals surface area contributed by atoms with E-state index in [0.717, 1.165) is 6.07 Å². The van der Waals surface area contributed by atoms with Gasteiger partial charge in [-0.1, -0.05) is 0 Å². The van der Waals surface area contributed by atoms with E-state index in [1.165, 1.54) is 18.3 Å². The van der Waals surface area contributed by atoms with E-state index in [-0.39, 0.29) is 18.1 Å². The lowest BCUT2D eigenvalue weighted by Gasteiger charge is -2.37. The number of carbonyl (C=O) groups is 2. The third-order valence-electron chi connectivity index (χ3n) is 5.16. The zero-order valence-electron chi connectivity index (χ0n) is 17.2. The van der Waals surface area contributed by atoms with E-state index >= 15 is 0 Å². The molecule has 160 valence electrons. The van der Waals surface area contributed by atoms with Crippen LogP contribution in [0.3, 0.4) is 0 Å². The van der Waals surface area contributed by atoms with Crippen LogP contribution in [0.15, 0.2) is 36.5 Å². The second-order valence-electron chi connectivity index (χ2n) is 7.53. The van der Waals surface area contributed by atoms with E-state index in [1.807, 2.05) is 0 Å². The van der Waals surface area contributed by atoms with Gasteiger partial charge in [-0.2, -0.15) is 0 Å². The van der Waals surface area contributed by atoms with Gasteiger partial charge in [0, 0.05) is 51.9 Å². The highest BCUT2D eigenvalue weighted by Gasteiger charge is 2.28. The molecule has 1 fully saturated rings. The monoisotopic (exact) mass is 417 g/mol. The van der Waals surface area contributed by atoms with Gasteiger partial charge in [-0.05, 0) is 37.1 Å². The maximum atomic E-state index is 13.4. The number of urea groups is 2. The molecule has 1 aliphatic rings. The SMILES string of the molecule is CN(C)C(=O)N1CCC(N(C)C(=O)Nc2ccc(-c3cc(F)cc(F)c3)nc2)CC1. The lowest BCUT2D eigenvalue weighted by Crippen LogP contribution is -2.50. The number of likely N-dealkylation sites (tertiary alicyclic amines) is 1. The molecule has 0 saturated carbocycles. The molecule has 1 aliphatic heterocycles. The molecular weight excluding hydrogens is 392 g/mol. The van der Waals surface area contributed by atoms with Crippen molar-refractivity contribution in [2.24, 2.45) is 0 Å². The van der Waals surface area contributed by atoms with Gasteiger partial charge >= 0.3 is 12.1 Å². The summed E-state index contributed by atoms with van der Waals surface area (Å²) in [6.07, 6.45) is 2.85. The van der Waals surface area contributed by atoms with Crippen LogP contribution in [0.1, 0.15) is 12.8 Å². The molecule has 1 saturated heterocycles. The van der Waals surface area contributed by atoms with E-state index in [1.54, 1.807) is 48.0 Å². The number of aromatic nitrogens is 1. The number of carbonyl (C=O) groups excluding carboxylic acids is 2. The molecule has 0 bridgehead atoms. The van der Waals surface area contributed by atoms with Gasteiger partial charge < -0.3 is 20.0 Å². The number of nitrogens with one attached hydrogen (secondary N) is 1. The molecule has 3 rings (SSSR count). The Bertz CT molecular complexity index is 892. The highest BCUT2D eigenvalue weighted by atomic mass is 19.1. The van der Waals surface area contributed by atoms with Crippen molar-refractivity contribution in [3.63, 3.8) is 0 Å². The second kappa shape index (κ2) is 9.06. The molecule has 0 spiro atoms. The Hall–Kier alpha value is -3.23. The first-order valence-electron chi connectivity index (χ1n) is 9.67. The number of benzene rings is 1. The largest absolute Gasteiger partial charge is 0.331 e. The smallest absolute Gasteiger partial charge is 0.321 e. The molecule has 1 aromatic carbocycles. The van der Waals surface area contributed by atoms with E-state index in [4.69, 9.17) is 0 Å². The van der Waals surface area contributed by atoms with Crippen LogP contribution >= 0.6 is 0 Å². The highest BCUT2D eigenvalue weighted by Crippen LogP contribution is 2.22. The van der Waals surface area contributed by atoms with E-state index < -0.39 is 11.6 Å². The van der Waals surface area contributed by atoms with Crippen molar-refractivity contribution >= 4 is 17.7 Å². The van der Waals surface area contributed by atoms with Crippen LogP contribution in [0.2, 0.25) is 0 Å². The number of rotatable bonds is 3. The maximum absolute atomic E-state index is 13.4. The van der Waals surface area contributed by atoms with Crippen molar-refractivity contribution in [2.45, 2.75) is 18.9 Å². The van der Waals surface area contributed by atoms with Gasteiger partial charge in [0.15, 0.2) is 0 Å². The molecule has 30 heavy (non-hydrogen) atoms. The predicted molar refractivity (Wildman–Crippen MR) is 110 cm³/mol. The molecule has 0 aliphatic carbocycles. The van der Waals surface area contributed by atoms with Crippen molar-refractivity contribution in [1.29, 1.82) is 0 Å². The fraction of sp³-hybridized carbons (Fsp3) is 0.381. The van der Waals surface area contributed by atoms with E-state index in [9.17, 15) is 18.4 Å². The Morgan fingerprint density at radius 3 is 2.23 bits per heavy atom. The van der Waals surface area contributed by atoms with Crippen molar-refractivity contribution < 1.29 is 18.4 Å². The van der Waals surface area contributed by atoms with Gasteiger partial charge in [0.1, 0.15) is 11.6 Å².